The van der Waals surface area contributed by atoms with Crippen molar-refractivity contribution in [1.82, 2.24) is 14.2 Å². The van der Waals surface area contributed by atoms with Gasteiger partial charge in [-0.25, -0.2) is 13.4 Å². The maximum absolute atomic E-state index is 13.1. The van der Waals surface area contributed by atoms with Crippen LogP contribution in [0.2, 0.25) is 0 Å². The van der Waals surface area contributed by atoms with Gasteiger partial charge in [0.05, 0.1) is 10.6 Å². The van der Waals surface area contributed by atoms with Crippen LogP contribution in [0.5, 0.6) is 0 Å². The van der Waals surface area contributed by atoms with Crippen LogP contribution < -0.4 is 5.32 Å². The molecule has 172 valence electrons. The van der Waals surface area contributed by atoms with Crippen LogP contribution >= 0.6 is 11.3 Å². The van der Waals surface area contributed by atoms with Crippen molar-refractivity contribution >= 4 is 32.4 Å². The lowest BCUT2D eigenvalue weighted by molar-refractivity contribution is 0.102. The molecule has 3 heterocycles. The highest BCUT2D eigenvalue weighted by Gasteiger charge is 2.28. The molecule has 9 heteroatoms. The number of carbonyl (C=O) groups is 1. The molecular formula is C24H26N4O3S2. The Bertz CT molecular complexity index is 1290. The second-order valence-electron chi connectivity index (χ2n) is 8.34. The smallest absolute Gasteiger partial charge is 0.257 e. The lowest BCUT2D eigenvalue weighted by Gasteiger charge is -2.28. The Hall–Kier alpha value is -2.59. The molecule has 2 aliphatic heterocycles. The SMILES string of the molecule is CCN1CCc2nc(NC(=O)c3ccc(S(=O)(=O)N4CCc5ccccc5C4)cc3)sc2C1. The molecule has 0 aliphatic carbocycles. The van der Waals surface area contributed by atoms with Gasteiger partial charge < -0.3 is 0 Å². The second kappa shape index (κ2) is 8.98. The van der Waals surface area contributed by atoms with Crippen molar-refractivity contribution in [2.45, 2.75) is 37.8 Å². The molecule has 0 spiro atoms. The lowest BCUT2D eigenvalue weighted by Crippen LogP contribution is -2.35. The minimum Gasteiger partial charge on any atom is -0.298 e. The van der Waals surface area contributed by atoms with E-state index in [0.29, 0.717) is 30.2 Å². The maximum Gasteiger partial charge on any atom is 0.257 e. The number of nitrogens with one attached hydrogen (secondary N) is 1. The Morgan fingerprint density at radius 2 is 1.79 bits per heavy atom. The fourth-order valence-corrected chi connectivity index (χ4v) is 6.81. The van der Waals surface area contributed by atoms with E-state index in [1.165, 1.54) is 38.2 Å². The van der Waals surface area contributed by atoms with Gasteiger partial charge in [0.15, 0.2) is 5.13 Å². The molecule has 0 saturated heterocycles. The Morgan fingerprint density at radius 3 is 2.55 bits per heavy atom. The van der Waals surface area contributed by atoms with Crippen molar-refractivity contribution in [2.75, 3.05) is 25.0 Å². The van der Waals surface area contributed by atoms with Gasteiger partial charge in [-0.3, -0.25) is 15.0 Å². The summed E-state index contributed by atoms with van der Waals surface area (Å²) in [5.41, 5.74) is 3.70. The molecule has 0 fully saturated rings. The van der Waals surface area contributed by atoms with E-state index in [-0.39, 0.29) is 10.8 Å². The molecule has 0 unspecified atom stereocenters. The number of carbonyl (C=O) groups excluding carboxylic acids is 1. The van der Waals surface area contributed by atoms with Crippen LogP contribution in [0.25, 0.3) is 0 Å². The van der Waals surface area contributed by atoms with E-state index in [1.54, 1.807) is 12.1 Å². The van der Waals surface area contributed by atoms with E-state index in [4.69, 9.17) is 0 Å². The summed E-state index contributed by atoms with van der Waals surface area (Å²) in [5.74, 6) is -0.288. The molecule has 0 bridgehead atoms. The highest BCUT2D eigenvalue weighted by Crippen LogP contribution is 2.29. The van der Waals surface area contributed by atoms with Crippen molar-refractivity contribution in [2.24, 2.45) is 0 Å². The zero-order chi connectivity index (χ0) is 23.0. The highest BCUT2D eigenvalue weighted by molar-refractivity contribution is 7.89. The van der Waals surface area contributed by atoms with Crippen LogP contribution in [0.4, 0.5) is 5.13 Å². The summed E-state index contributed by atoms with van der Waals surface area (Å²) in [5, 5.41) is 3.46. The first kappa shape index (κ1) is 22.2. The number of amides is 1. The zero-order valence-corrected chi connectivity index (χ0v) is 20.1. The first-order valence-electron chi connectivity index (χ1n) is 11.1. The van der Waals surface area contributed by atoms with Gasteiger partial charge >= 0.3 is 0 Å². The molecule has 7 nitrogen and oxygen atoms in total. The molecule has 2 aliphatic rings. The number of fused-ring (bicyclic) bond motifs is 2. The minimum atomic E-state index is -3.63. The molecule has 0 radical (unpaired) electrons. The van der Waals surface area contributed by atoms with Crippen molar-refractivity contribution < 1.29 is 13.2 Å². The van der Waals surface area contributed by atoms with Crippen LogP contribution in [0.1, 0.15) is 39.0 Å². The van der Waals surface area contributed by atoms with E-state index in [9.17, 15) is 13.2 Å². The third kappa shape index (κ3) is 4.46. The standard InChI is InChI=1S/C24H26N4O3S2/c1-2-27-13-12-21-22(16-27)32-24(25-21)26-23(29)18-7-9-20(10-8-18)33(30,31)28-14-11-17-5-3-4-6-19(17)15-28/h3-10H,2,11-16H2,1H3,(H,25,26,29). The van der Waals surface area contributed by atoms with Crippen LogP contribution in [0.15, 0.2) is 53.4 Å². The number of sulfonamides is 1. The minimum absolute atomic E-state index is 0.197. The number of rotatable bonds is 5. The summed E-state index contributed by atoms with van der Waals surface area (Å²) < 4.78 is 27.8. The fraction of sp³-hybridized carbons (Fsp3) is 0.333. The van der Waals surface area contributed by atoms with Gasteiger partial charge in [-0.1, -0.05) is 31.2 Å². The molecular weight excluding hydrogens is 456 g/mol. The molecule has 2 aromatic carbocycles. The monoisotopic (exact) mass is 482 g/mol. The third-order valence-corrected chi connectivity index (χ3v) is 9.19. The summed E-state index contributed by atoms with van der Waals surface area (Å²) in [7, 11) is -3.63. The Labute approximate surface area is 198 Å². The van der Waals surface area contributed by atoms with Gasteiger partial charge in [-0.05, 0) is 48.4 Å². The van der Waals surface area contributed by atoms with Gasteiger partial charge in [0.2, 0.25) is 10.0 Å². The molecule has 1 N–H and O–H groups in total. The van der Waals surface area contributed by atoms with Gasteiger partial charge in [0.1, 0.15) is 0 Å². The van der Waals surface area contributed by atoms with Crippen LogP contribution in [-0.4, -0.2) is 48.1 Å². The number of aromatic nitrogens is 1. The molecule has 1 amide bonds. The second-order valence-corrected chi connectivity index (χ2v) is 11.4. The fourth-order valence-electron chi connectivity index (χ4n) is 4.34. The van der Waals surface area contributed by atoms with Crippen molar-refractivity contribution in [3.63, 3.8) is 0 Å². The van der Waals surface area contributed by atoms with Crippen LogP contribution in [-0.2, 0) is 36.0 Å². The Morgan fingerprint density at radius 1 is 1.03 bits per heavy atom. The Kier molecular flexibility index (Phi) is 6.05. The van der Waals surface area contributed by atoms with Gasteiger partial charge in [0, 0.05) is 43.0 Å². The van der Waals surface area contributed by atoms with Crippen LogP contribution in [0.3, 0.4) is 0 Å². The highest BCUT2D eigenvalue weighted by atomic mass is 32.2. The first-order chi connectivity index (χ1) is 15.9. The maximum atomic E-state index is 13.1. The van der Waals surface area contributed by atoms with Gasteiger partial charge in [0.25, 0.3) is 5.91 Å². The number of benzene rings is 2. The molecule has 3 aromatic rings. The number of likely N-dealkylation sites (N-methyl/N-ethyl adjacent to an activating group) is 1. The molecule has 5 rings (SSSR count). The lowest BCUT2D eigenvalue weighted by atomic mass is 10.0. The predicted octanol–water partition coefficient (Wildman–Crippen LogP) is 3.52. The van der Waals surface area contributed by atoms with E-state index in [2.05, 4.69) is 22.1 Å². The van der Waals surface area contributed by atoms with Crippen molar-refractivity contribution in [3.05, 3.63) is 75.8 Å². The molecule has 1 aromatic heterocycles. The largest absolute Gasteiger partial charge is 0.298 e. The van der Waals surface area contributed by atoms with Crippen molar-refractivity contribution in [1.29, 1.82) is 0 Å². The number of thiazole rings is 1. The van der Waals surface area contributed by atoms with E-state index in [0.717, 1.165) is 37.3 Å². The Balaban J connectivity index is 1.28. The van der Waals surface area contributed by atoms with E-state index < -0.39 is 10.0 Å². The molecule has 0 saturated carbocycles. The third-order valence-electron chi connectivity index (χ3n) is 6.33. The van der Waals surface area contributed by atoms with E-state index >= 15 is 0 Å². The van der Waals surface area contributed by atoms with Crippen LogP contribution in [0, 0.1) is 0 Å². The van der Waals surface area contributed by atoms with Gasteiger partial charge in [-0.2, -0.15) is 4.31 Å². The van der Waals surface area contributed by atoms with Crippen molar-refractivity contribution in [3.8, 4) is 0 Å². The quantitative estimate of drug-likeness (QED) is 0.602. The molecule has 0 atom stereocenters. The summed E-state index contributed by atoms with van der Waals surface area (Å²) in [6.07, 6.45) is 1.59. The summed E-state index contributed by atoms with van der Waals surface area (Å²) in [6, 6.07) is 14.1. The first-order valence-corrected chi connectivity index (χ1v) is 13.4. The number of nitrogens with zero attached hydrogens (tertiary/aromatic N) is 3. The summed E-state index contributed by atoms with van der Waals surface area (Å²) in [4.78, 5) is 21.1. The zero-order valence-electron chi connectivity index (χ0n) is 18.5. The number of hydrogen-bond donors (Lipinski definition) is 1. The average Bonchev–Trinajstić information content (AvgIpc) is 3.25. The summed E-state index contributed by atoms with van der Waals surface area (Å²) in [6.45, 7) is 5.81. The number of hydrogen-bond acceptors (Lipinski definition) is 6. The average molecular weight is 483 g/mol. The normalized spacial score (nSPS) is 16.8. The van der Waals surface area contributed by atoms with E-state index in [1.807, 2.05) is 24.3 Å². The number of anilines is 1. The topological polar surface area (TPSA) is 82.6 Å². The summed E-state index contributed by atoms with van der Waals surface area (Å²) >= 11 is 1.51. The molecule has 33 heavy (non-hydrogen) atoms. The van der Waals surface area contributed by atoms with Gasteiger partial charge in [-0.15, -0.1) is 11.3 Å². The predicted molar refractivity (Wildman–Crippen MR) is 129 cm³/mol.